The maximum Gasteiger partial charge on any atom is 0.329 e. The van der Waals surface area contributed by atoms with Gasteiger partial charge in [-0.3, -0.25) is 4.68 Å². The van der Waals surface area contributed by atoms with Gasteiger partial charge in [-0.05, 0) is 55.2 Å². The molecule has 1 heterocycles. The number of methoxy groups -OCH3 is 2. The van der Waals surface area contributed by atoms with Crippen LogP contribution in [0.5, 0.6) is 5.75 Å². The zero-order chi connectivity index (χ0) is 25.3. The first kappa shape index (κ1) is 25.9. The number of benzene rings is 2. The van der Waals surface area contributed by atoms with Crippen molar-refractivity contribution >= 4 is 5.97 Å². The van der Waals surface area contributed by atoms with Gasteiger partial charge in [-0.15, -0.1) is 0 Å². The molecule has 1 N–H and O–H groups in total. The second kappa shape index (κ2) is 12.7. The Labute approximate surface area is 213 Å². The Morgan fingerprint density at radius 1 is 1.00 bits per heavy atom. The van der Waals surface area contributed by atoms with Gasteiger partial charge < -0.3 is 19.3 Å². The highest BCUT2D eigenvalue weighted by molar-refractivity contribution is 5.83. The molecule has 7 heteroatoms. The number of nitrogens with zero attached hydrogens (tertiary/aromatic N) is 2. The highest BCUT2D eigenvalue weighted by Gasteiger charge is 2.26. The summed E-state index contributed by atoms with van der Waals surface area (Å²) in [5.74, 6) is 0.845. The lowest BCUT2D eigenvalue weighted by atomic mass is 9.82. The van der Waals surface area contributed by atoms with Crippen LogP contribution in [-0.2, 0) is 27.2 Å². The summed E-state index contributed by atoms with van der Waals surface area (Å²) in [6.45, 7) is 1.78. The minimum atomic E-state index is -0.910. The predicted octanol–water partition coefficient (Wildman–Crippen LogP) is 5.32. The lowest BCUT2D eigenvalue weighted by Crippen LogP contribution is -2.24. The van der Waals surface area contributed by atoms with Gasteiger partial charge in [0.05, 0.1) is 20.3 Å². The third-order valence-electron chi connectivity index (χ3n) is 6.98. The Bertz CT molecular complexity index is 1120. The van der Waals surface area contributed by atoms with E-state index in [0.717, 1.165) is 66.8 Å². The first-order chi connectivity index (χ1) is 17.6. The average molecular weight is 493 g/mol. The van der Waals surface area contributed by atoms with Gasteiger partial charge in [-0.1, -0.05) is 42.5 Å². The lowest BCUT2D eigenvalue weighted by molar-refractivity contribution is -0.142. The number of hydrogen-bond donors (Lipinski definition) is 1. The van der Waals surface area contributed by atoms with Crippen LogP contribution in [0.15, 0.2) is 54.6 Å². The van der Waals surface area contributed by atoms with Crippen LogP contribution in [0.4, 0.5) is 0 Å². The average Bonchev–Trinajstić information content (AvgIpc) is 3.26. The fourth-order valence-corrected chi connectivity index (χ4v) is 5.12. The SMILES string of the molecule is COCCc1c(-c2ccccc2)c(-c2cccc(OC)c2)nn1CC1CCC(COCC(=O)O)CC1. The Morgan fingerprint density at radius 2 is 1.72 bits per heavy atom. The normalized spacial score (nSPS) is 17.7. The molecule has 1 saturated carbocycles. The van der Waals surface area contributed by atoms with E-state index in [2.05, 4.69) is 35.0 Å². The van der Waals surface area contributed by atoms with Gasteiger partial charge >= 0.3 is 5.97 Å². The van der Waals surface area contributed by atoms with Crippen molar-refractivity contribution in [1.82, 2.24) is 9.78 Å². The van der Waals surface area contributed by atoms with Gasteiger partial charge in [0.1, 0.15) is 18.1 Å². The first-order valence-electron chi connectivity index (χ1n) is 12.7. The molecule has 0 radical (unpaired) electrons. The fraction of sp³-hybridized carbons (Fsp3) is 0.448. The van der Waals surface area contributed by atoms with Crippen molar-refractivity contribution < 1.29 is 24.1 Å². The summed E-state index contributed by atoms with van der Waals surface area (Å²) in [5, 5.41) is 14.0. The molecule has 0 saturated heterocycles. The molecule has 0 unspecified atom stereocenters. The molecule has 0 atom stereocenters. The molecule has 2 aromatic carbocycles. The van der Waals surface area contributed by atoms with Crippen molar-refractivity contribution in [1.29, 1.82) is 0 Å². The molecule has 36 heavy (non-hydrogen) atoms. The molecule has 0 spiro atoms. The first-order valence-corrected chi connectivity index (χ1v) is 12.7. The minimum absolute atomic E-state index is 0.217. The van der Waals surface area contributed by atoms with E-state index in [4.69, 9.17) is 24.4 Å². The van der Waals surface area contributed by atoms with E-state index < -0.39 is 5.97 Å². The zero-order valence-electron chi connectivity index (χ0n) is 21.2. The number of aliphatic carboxylic acids is 1. The Morgan fingerprint density at radius 3 is 2.42 bits per heavy atom. The van der Waals surface area contributed by atoms with Crippen molar-refractivity contribution in [3.63, 3.8) is 0 Å². The summed E-state index contributed by atoms with van der Waals surface area (Å²) in [6, 6.07) is 18.5. The van der Waals surface area contributed by atoms with Crippen molar-refractivity contribution in [2.75, 3.05) is 34.0 Å². The molecule has 1 aliphatic rings. The number of hydrogen-bond acceptors (Lipinski definition) is 5. The van der Waals surface area contributed by atoms with Crippen LogP contribution in [0, 0.1) is 11.8 Å². The van der Waals surface area contributed by atoms with E-state index in [9.17, 15) is 4.79 Å². The second-order valence-electron chi connectivity index (χ2n) is 9.49. The molecule has 0 aliphatic heterocycles. The van der Waals surface area contributed by atoms with Crippen LogP contribution in [0.25, 0.3) is 22.4 Å². The van der Waals surface area contributed by atoms with Crippen LogP contribution in [0.2, 0.25) is 0 Å². The maximum absolute atomic E-state index is 10.7. The number of rotatable bonds is 12. The molecule has 3 aromatic rings. The van der Waals surface area contributed by atoms with E-state index in [0.29, 0.717) is 25.0 Å². The molecule has 1 fully saturated rings. The summed E-state index contributed by atoms with van der Waals surface area (Å²) >= 11 is 0. The van der Waals surface area contributed by atoms with Gasteiger partial charge in [-0.25, -0.2) is 4.79 Å². The summed E-state index contributed by atoms with van der Waals surface area (Å²) in [7, 11) is 3.42. The molecule has 0 bridgehead atoms. The molecule has 0 amide bonds. The van der Waals surface area contributed by atoms with Gasteiger partial charge in [-0.2, -0.15) is 5.10 Å². The molecule has 1 aliphatic carbocycles. The van der Waals surface area contributed by atoms with Gasteiger partial charge in [0.2, 0.25) is 0 Å². The highest BCUT2D eigenvalue weighted by atomic mass is 16.5. The van der Waals surface area contributed by atoms with Crippen molar-refractivity contribution in [2.45, 2.75) is 38.6 Å². The smallest absolute Gasteiger partial charge is 0.329 e. The van der Waals surface area contributed by atoms with Crippen molar-refractivity contribution in [2.24, 2.45) is 11.8 Å². The van der Waals surface area contributed by atoms with Crippen molar-refractivity contribution in [3.05, 3.63) is 60.3 Å². The van der Waals surface area contributed by atoms with E-state index in [-0.39, 0.29) is 6.61 Å². The minimum Gasteiger partial charge on any atom is -0.497 e. The summed E-state index contributed by atoms with van der Waals surface area (Å²) in [5.41, 5.74) is 5.48. The number of carboxylic acid groups (broad SMARTS) is 1. The molecule has 1 aromatic heterocycles. The largest absolute Gasteiger partial charge is 0.497 e. The number of carboxylic acids is 1. The maximum atomic E-state index is 10.7. The Hall–Kier alpha value is -3.16. The number of ether oxygens (including phenoxy) is 3. The highest BCUT2D eigenvalue weighted by Crippen LogP contribution is 2.38. The lowest BCUT2D eigenvalue weighted by Gasteiger charge is -2.28. The van der Waals surface area contributed by atoms with Crippen LogP contribution < -0.4 is 4.74 Å². The predicted molar refractivity (Wildman–Crippen MR) is 139 cm³/mol. The third kappa shape index (κ3) is 6.53. The molecule has 7 nitrogen and oxygen atoms in total. The fourth-order valence-electron chi connectivity index (χ4n) is 5.12. The topological polar surface area (TPSA) is 82.8 Å². The monoisotopic (exact) mass is 492 g/mol. The standard InChI is InChI=1S/C29H36N2O5/c1-34-16-15-26-28(23-7-4-3-5-8-23)29(24-9-6-10-25(17-24)35-2)30-31(26)18-21-11-13-22(14-12-21)19-36-20-27(32)33/h3-10,17,21-22H,11-16,18-20H2,1-2H3,(H,32,33). The summed E-state index contributed by atoms with van der Waals surface area (Å²) in [4.78, 5) is 10.7. The van der Waals surface area contributed by atoms with Crippen LogP contribution in [0.3, 0.4) is 0 Å². The Kier molecular flexibility index (Phi) is 9.14. The second-order valence-corrected chi connectivity index (χ2v) is 9.49. The number of aromatic nitrogens is 2. The molecular formula is C29H36N2O5. The summed E-state index contributed by atoms with van der Waals surface area (Å²) < 4.78 is 18.5. The zero-order valence-corrected chi connectivity index (χ0v) is 21.2. The van der Waals surface area contributed by atoms with E-state index in [1.165, 1.54) is 5.69 Å². The van der Waals surface area contributed by atoms with Crippen LogP contribution >= 0.6 is 0 Å². The Balaban J connectivity index is 1.61. The third-order valence-corrected chi connectivity index (χ3v) is 6.98. The van der Waals surface area contributed by atoms with Crippen LogP contribution in [-0.4, -0.2) is 54.9 Å². The molecular weight excluding hydrogens is 456 g/mol. The molecule has 192 valence electrons. The van der Waals surface area contributed by atoms with E-state index in [1.54, 1.807) is 14.2 Å². The van der Waals surface area contributed by atoms with Gasteiger partial charge in [0.25, 0.3) is 0 Å². The van der Waals surface area contributed by atoms with E-state index in [1.807, 2.05) is 24.3 Å². The van der Waals surface area contributed by atoms with Gasteiger partial charge in [0, 0.05) is 36.9 Å². The number of carbonyl (C=O) groups is 1. The van der Waals surface area contributed by atoms with Crippen LogP contribution in [0.1, 0.15) is 31.4 Å². The van der Waals surface area contributed by atoms with Crippen molar-refractivity contribution in [3.8, 4) is 28.1 Å². The summed E-state index contributed by atoms with van der Waals surface area (Å²) in [6.07, 6.45) is 5.04. The van der Waals surface area contributed by atoms with E-state index >= 15 is 0 Å². The van der Waals surface area contributed by atoms with Gasteiger partial charge in [0.15, 0.2) is 0 Å². The molecule has 4 rings (SSSR count). The quantitative estimate of drug-likeness (QED) is 0.368.